The summed E-state index contributed by atoms with van der Waals surface area (Å²) in [4.78, 5) is 34.2. The highest BCUT2D eigenvalue weighted by Gasteiger charge is 2.11. The molecule has 0 fully saturated rings. The summed E-state index contributed by atoms with van der Waals surface area (Å²) in [6.07, 6.45) is 1.44. The molecule has 33 heavy (non-hydrogen) atoms. The Hall–Kier alpha value is -4.53. The molecule has 0 saturated heterocycles. The van der Waals surface area contributed by atoms with Gasteiger partial charge in [0.15, 0.2) is 6.61 Å². The Labute approximate surface area is 189 Å². The number of non-ortho nitro benzene ring substituents is 1. The normalized spacial score (nSPS) is 10.6. The van der Waals surface area contributed by atoms with Crippen molar-refractivity contribution in [1.82, 2.24) is 5.43 Å². The van der Waals surface area contributed by atoms with Crippen LogP contribution in [0.2, 0.25) is 0 Å². The van der Waals surface area contributed by atoms with E-state index in [9.17, 15) is 19.7 Å². The van der Waals surface area contributed by atoms with Crippen LogP contribution in [0.3, 0.4) is 0 Å². The molecule has 0 atom stereocenters. The average Bonchev–Trinajstić information content (AvgIpc) is 2.80. The fourth-order valence-corrected chi connectivity index (χ4v) is 2.88. The SMILES string of the molecule is Cc1cccc(C)c1OCC(=O)NN=Cc1ccc(OC(=O)c2ccc([N+](=O)[O-])cc2)cc1. The van der Waals surface area contributed by atoms with Gasteiger partial charge in [0.2, 0.25) is 0 Å². The average molecular weight is 447 g/mol. The molecule has 0 unspecified atom stereocenters. The van der Waals surface area contributed by atoms with Crippen LogP contribution in [0.25, 0.3) is 0 Å². The molecular weight excluding hydrogens is 426 g/mol. The summed E-state index contributed by atoms with van der Waals surface area (Å²) < 4.78 is 10.8. The van der Waals surface area contributed by atoms with E-state index in [1.165, 1.54) is 30.5 Å². The molecule has 0 radical (unpaired) electrons. The van der Waals surface area contributed by atoms with Crippen LogP contribution >= 0.6 is 0 Å². The van der Waals surface area contributed by atoms with Crippen LogP contribution in [0.5, 0.6) is 11.5 Å². The number of carbonyl (C=O) groups is 2. The number of hydrogen-bond donors (Lipinski definition) is 1. The number of ether oxygens (including phenoxy) is 2. The number of rotatable bonds is 8. The van der Waals surface area contributed by atoms with E-state index < -0.39 is 16.8 Å². The molecule has 1 amide bonds. The zero-order valence-electron chi connectivity index (χ0n) is 18.0. The topological polar surface area (TPSA) is 120 Å². The molecule has 3 aromatic rings. The fraction of sp³-hybridized carbons (Fsp3) is 0.125. The Kier molecular flexibility index (Phi) is 7.48. The van der Waals surface area contributed by atoms with Gasteiger partial charge in [-0.05, 0) is 66.9 Å². The van der Waals surface area contributed by atoms with E-state index >= 15 is 0 Å². The minimum absolute atomic E-state index is 0.112. The van der Waals surface area contributed by atoms with E-state index in [2.05, 4.69) is 10.5 Å². The lowest BCUT2D eigenvalue weighted by atomic mass is 10.1. The molecule has 1 N–H and O–H groups in total. The second-order valence-electron chi connectivity index (χ2n) is 7.07. The van der Waals surface area contributed by atoms with Crippen molar-refractivity contribution in [3.05, 3.63) is 99.1 Å². The number of nitrogens with zero attached hydrogens (tertiary/aromatic N) is 2. The van der Waals surface area contributed by atoms with Gasteiger partial charge in [0.25, 0.3) is 11.6 Å². The van der Waals surface area contributed by atoms with E-state index in [-0.39, 0.29) is 17.9 Å². The maximum atomic E-state index is 12.2. The van der Waals surface area contributed by atoms with Gasteiger partial charge in [-0.3, -0.25) is 14.9 Å². The van der Waals surface area contributed by atoms with Crippen molar-refractivity contribution in [3.8, 4) is 11.5 Å². The van der Waals surface area contributed by atoms with Crippen LogP contribution in [0.15, 0.2) is 71.8 Å². The minimum atomic E-state index is -0.637. The van der Waals surface area contributed by atoms with E-state index in [4.69, 9.17) is 9.47 Å². The molecule has 3 rings (SSSR count). The van der Waals surface area contributed by atoms with Gasteiger partial charge >= 0.3 is 5.97 Å². The summed E-state index contributed by atoms with van der Waals surface area (Å²) in [7, 11) is 0. The number of benzene rings is 3. The van der Waals surface area contributed by atoms with Gasteiger partial charge in [0.1, 0.15) is 11.5 Å². The lowest BCUT2D eigenvalue weighted by Crippen LogP contribution is -2.25. The largest absolute Gasteiger partial charge is 0.483 e. The molecule has 0 aliphatic carbocycles. The number of para-hydroxylation sites is 1. The Morgan fingerprint density at radius 3 is 2.24 bits per heavy atom. The first-order chi connectivity index (χ1) is 15.8. The van der Waals surface area contributed by atoms with Gasteiger partial charge in [0.05, 0.1) is 16.7 Å². The molecule has 0 heterocycles. The highest BCUT2D eigenvalue weighted by molar-refractivity contribution is 5.91. The number of nitro groups is 1. The number of nitrogens with one attached hydrogen (secondary N) is 1. The van der Waals surface area contributed by atoms with Crippen LogP contribution in [0.4, 0.5) is 5.69 Å². The lowest BCUT2D eigenvalue weighted by molar-refractivity contribution is -0.384. The van der Waals surface area contributed by atoms with Gasteiger partial charge in [-0.1, -0.05) is 18.2 Å². The summed E-state index contributed by atoms with van der Waals surface area (Å²) in [6, 6.07) is 17.3. The quantitative estimate of drug-likeness (QED) is 0.183. The van der Waals surface area contributed by atoms with Crippen molar-refractivity contribution in [3.63, 3.8) is 0 Å². The Bertz CT molecular complexity index is 1170. The number of hydrogen-bond acceptors (Lipinski definition) is 7. The highest BCUT2D eigenvalue weighted by Crippen LogP contribution is 2.22. The molecule has 9 heteroatoms. The molecule has 0 aromatic heterocycles. The molecule has 0 bridgehead atoms. The number of hydrazone groups is 1. The van der Waals surface area contributed by atoms with Crippen molar-refractivity contribution in [2.24, 2.45) is 5.10 Å². The summed E-state index contributed by atoms with van der Waals surface area (Å²) in [5.41, 5.74) is 5.03. The zero-order valence-corrected chi connectivity index (χ0v) is 18.0. The molecular formula is C24H21N3O6. The van der Waals surface area contributed by atoms with Crippen LogP contribution < -0.4 is 14.9 Å². The highest BCUT2D eigenvalue weighted by atomic mass is 16.6. The predicted octanol–water partition coefficient (Wildman–Crippen LogP) is 3.96. The van der Waals surface area contributed by atoms with Crippen molar-refractivity contribution < 1.29 is 24.0 Å². The molecule has 0 spiro atoms. The second kappa shape index (κ2) is 10.7. The number of amides is 1. The van der Waals surface area contributed by atoms with Crippen molar-refractivity contribution in [2.75, 3.05) is 6.61 Å². The number of aryl methyl sites for hydroxylation is 2. The summed E-state index contributed by atoms with van der Waals surface area (Å²) in [5.74, 6) is -0.0675. The van der Waals surface area contributed by atoms with Crippen LogP contribution in [-0.4, -0.2) is 29.6 Å². The van der Waals surface area contributed by atoms with Gasteiger partial charge in [-0.15, -0.1) is 0 Å². The number of nitro benzene ring substituents is 1. The zero-order chi connectivity index (χ0) is 23.8. The lowest BCUT2D eigenvalue weighted by Gasteiger charge is -2.10. The van der Waals surface area contributed by atoms with Crippen molar-refractivity contribution >= 4 is 23.8 Å². The van der Waals surface area contributed by atoms with Gasteiger partial charge in [0, 0.05) is 12.1 Å². The standard InChI is InChI=1S/C24H21N3O6/c1-16-4-3-5-17(2)23(16)32-15-22(28)26-25-14-18-6-12-21(13-7-18)33-24(29)19-8-10-20(11-9-19)27(30)31/h3-14H,15H2,1-2H3,(H,26,28). The molecule has 3 aromatic carbocycles. The summed E-state index contributed by atoms with van der Waals surface area (Å²) in [5, 5.41) is 14.6. The summed E-state index contributed by atoms with van der Waals surface area (Å²) in [6.45, 7) is 3.65. The molecule has 0 aliphatic rings. The smallest absolute Gasteiger partial charge is 0.343 e. The first-order valence-corrected chi connectivity index (χ1v) is 9.91. The third-order valence-corrected chi connectivity index (χ3v) is 4.56. The Morgan fingerprint density at radius 1 is 1.00 bits per heavy atom. The van der Waals surface area contributed by atoms with Gasteiger partial charge < -0.3 is 9.47 Å². The third-order valence-electron chi connectivity index (χ3n) is 4.56. The number of esters is 1. The maximum Gasteiger partial charge on any atom is 0.343 e. The van der Waals surface area contributed by atoms with Crippen molar-refractivity contribution in [1.29, 1.82) is 0 Å². The minimum Gasteiger partial charge on any atom is -0.483 e. The fourth-order valence-electron chi connectivity index (χ4n) is 2.88. The monoisotopic (exact) mass is 447 g/mol. The van der Waals surface area contributed by atoms with Crippen LogP contribution in [-0.2, 0) is 4.79 Å². The molecule has 168 valence electrons. The van der Waals surface area contributed by atoms with Crippen LogP contribution in [0.1, 0.15) is 27.0 Å². The van der Waals surface area contributed by atoms with Crippen LogP contribution in [0, 0.1) is 24.0 Å². The van der Waals surface area contributed by atoms with E-state index in [0.717, 1.165) is 11.1 Å². The first-order valence-electron chi connectivity index (χ1n) is 9.91. The van der Waals surface area contributed by atoms with E-state index in [1.807, 2.05) is 32.0 Å². The predicted molar refractivity (Wildman–Crippen MR) is 122 cm³/mol. The molecule has 0 aliphatic heterocycles. The molecule has 0 saturated carbocycles. The third kappa shape index (κ3) is 6.47. The maximum absolute atomic E-state index is 12.2. The first kappa shape index (κ1) is 23.1. The number of carbonyl (C=O) groups excluding carboxylic acids is 2. The Balaban J connectivity index is 1.49. The summed E-state index contributed by atoms with van der Waals surface area (Å²) >= 11 is 0. The molecule has 9 nitrogen and oxygen atoms in total. The van der Waals surface area contributed by atoms with Gasteiger partial charge in [-0.25, -0.2) is 10.2 Å². The van der Waals surface area contributed by atoms with Gasteiger partial charge in [-0.2, -0.15) is 5.10 Å². The second-order valence-corrected chi connectivity index (χ2v) is 7.07. The van der Waals surface area contributed by atoms with E-state index in [1.54, 1.807) is 24.3 Å². The van der Waals surface area contributed by atoms with Crippen molar-refractivity contribution in [2.45, 2.75) is 13.8 Å². The van der Waals surface area contributed by atoms with E-state index in [0.29, 0.717) is 17.1 Å². The Morgan fingerprint density at radius 2 is 1.64 bits per heavy atom.